The number of carbonyl (C=O) groups excluding carboxylic acids is 2. The molecule has 0 aliphatic heterocycles. The van der Waals surface area contributed by atoms with Crippen molar-refractivity contribution in [2.24, 2.45) is 23.7 Å². The highest BCUT2D eigenvalue weighted by molar-refractivity contribution is 5.81. The minimum atomic E-state index is -0.359. The maximum atomic E-state index is 10.1. The molecule has 1 saturated carbocycles. The van der Waals surface area contributed by atoms with Gasteiger partial charge in [-0.2, -0.15) is 0 Å². The van der Waals surface area contributed by atoms with E-state index < -0.39 is 0 Å². The molecule has 1 aliphatic carbocycles. The summed E-state index contributed by atoms with van der Waals surface area (Å²) in [6, 6.07) is 0. The molecular formula is C21H38O4. The van der Waals surface area contributed by atoms with Crippen LogP contribution in [0.3, 0.4) is 0 Å². The van der Waals surface area contributed by atoms with Gasteiger partial charge in [-0.25, -0.2) is 9.59 Å². The number of esters is 2. The first-order valence-corrected chi connectivity index (χ1v) is 9.40. The Morgan fingerprint density at radius 1 is 0.840 bits per heavy atom. The molecule has 1 aliphatic rings. The molecule has 0 N–H and O–H groups in total. The fraction of sp³-hybridized carbons (Fsp3) is 0.714. The van der Waals surface area contributed by atoms with Crippen LogP contribution in [0.5, 0.6) is 0 Å². The van der Waals surface area contributed by atoms with Gasteiger partial charge in [0.1, 0.15) is 0 Å². The van der Waals surface area contributed by atoms with Gasteiger partial charge in [0, 0.05) is 12.2 Å². The highest BCUT2D eigenvalue weighted by Gasteiger charge is 2.35. The summed E-state index contributed by atoms with van der Waals surface area (Å²) in [6.45, 7) is 20.3. The quantitative estimate of drug-likeness (QED) is 0.487. The maximum Gasteiger partial charge on any atom is 0.330 e. The van der Waals surface area contributed by atoms with Crippen molar-refractivity contribution >= 4 is 11.9 Å². The Labute approximate surface area is 154 Å². The molecule has 4 unspecified atom stereocenters. The molecule has 0 aromatic rings. The van der Waals surface area contributed by atoms with Crippen LogP contribution in [0.4, 0.5) is 0 Å². The maximum absolute atomic E-state index is 10.1. The van der Waals surface area contributed by atoms with Crippen molar-refractivity contribution in [2.75, 3.05) is 13.2 Å². The number of rotatable bonds is 6. The Kier molecular flexibility index (Phi) is 16.3. The number of hydrogen-bond donors (Lipinski definition) is 0. The van der Waals surface area contributed by atoms with Crippen LogP contribution in [-0.2, 0) is 19.1 Å². The molecule has 0 radical (unpaired) electrons. The molecule has 4 nitrogen and oxygen atoms in total. The van der Waals surface area contributed by atoms with Gasteiger partial charge in [-0.05, 0) is 43.9 Å². The van der Waals surface area contributed by atoms with Crippen LogP contribution in [0, 0.1) is 23.7 Å². The van der Waals surface area contributed by atoms with E-state index in [0.29, 0.717) is 13.2 Å². The van der Waals surface area contributed by atoms with E-state index in [0.717, 1.165) is 35.8 Å². The normalized spacial score (nSPS) is 23.9. The van der Waals surface area contributed by atoms with E-state index in [2.05, 4.69) is 50.3 Å². The van der Waals surface area contributed by atoms with Crippen LogP contribution in [0.25, 0.3) is 0 Å². The second-order valence-corrected chi connectivity index (χ2v) is 6.25. The Hall–Kier alpha value is -1.58. The van der Waals surface area contributed by atoms with Crippen LogP contribution < -0.4 is 0 Å². The smallest absolute Gasteiger partial charge is 0.330 e. The lowest BCUT2D eigenvalue weighted by Gasteiger charge is -2.21. The van der Waals surface area contributed by atoms with Crippen LogP contribution >= 0.6 is 0 Å². The average molecular weight is 355 g/mol. The van der Waals surface area contributed by atoms with Gasteiger partial charge in [0.25, 0.3) is 0 Å². The first-order chi connectivity index (χ1) is 11.8. The third-order valence-corrected chi connectivity index (χ3v) is 4.60. The molecule has 4 heteroatoms. The summed E-state index contributed by atoms with van der Waals surface area (Å²) < 4.78 is 8.87. The first-order valence-electron chi connectivity index (χ1n) is 9.40. The van der Waals surface area contributed by atoms with E-state index >= 15 is 0 Å². The van der Waals surface area contributed by atoms with Gasteiger partial charge >= 0.3 is 11.9 Å². The van der Waals surface area contributed by atoms with Crippen LogP contribution in [0.1, 0.15) is 60.8 Å². The minimum Gasteiger partial charge on any atom is -0.463 e. The molecule has 0 aromatic carbocycles. The number of ether oxygens (including phenoxy) is 2. The first kappa shape index (κ1) is 25.7. The van der Waals surface area contributed by atoms with E-state index in [4.69, 9.17) is 0 Å². The summed E-state index contributed by atoms with van der Waals surface area (Å²) in [6.07, 6.45) is 6.54. The van der Waals surface area contributed by atoms with Gasteiger partial charge in [0.2, 0.25) is 0 Å². The fourth-order valence-corrected chi connectivity index (χ4v) is 3.59. The number of hydrogen-bond acceptors (Lipinski definition) is 4. The van der Waals surface area contributed by atoms with Gasteiger partial charge in [-0.3, -0.25) is 0 Å². The molecule has 0 bridgehead atoms. The highest BCUT2D eigenvalue weighted by Crippen LogP contribution is 2.44. The van der Waals surface area contributed by atoms with Crippen molar-refractivity contribution in [1.82, 2.24) is 0 Å². The molecule has 0 amide bonds. The second kappa shape index (κ2) is 15.9. The standard InChI is InChI=1S/C11H22.2C5H8O2/c1-5-10-8(3)7-9(4)11(10)6-2;2*1-3-5(6)7-4-2/h8-11H,5-7H2,1-4H3;2*3H,1,4H2,2H3. The molecule has 146 valence electrons. The Morgan fingerprint density at radius 3 is 1.32 bits per heavy atom. The van der Waals surface area contributed by atoms with Crippen molar-refractivity contribution in [3.63, 3.8) is 0 Å². The zero-order chi connectivity index (χ0) is 19.8. The Morgan fingerprint density at radius 2 is 1.16 bits per heavy atom. The predicted molar refractivity (Wildman–Crippen MR) is 104 cm³/mol. The molecular weight excluding hydrogens is 316 g/mol. The van der Waals surface area contributed by atoms with E-state index in [9.17, 15) is 9.59 Å². The van der Waals surface area contributed by atoms with Gasteiger partial charge in [0.15, 0.2) is 0 Å². The predicted octanol–water partition coefficient (Wildman–Crippen LogP) is 5.19. The molecule has 0 spiro atoms. The largest absolute Gasteiger partial charge is 0.463 e. The van der Waals surface area contributed by atoms with E-state index in [1.165, 1.54) is 19.3 Å². The monoisotopic (exact) mass is 354 g/mol. The lowest BCUT2D eigenvalue weighted by molar-refractivity contribution is -0.138. The fourth-order valence-electron chi connectivity index (χ4n) is 3.59. The lowest BCUT2D eigenvalue weighted by atomic mass is 9.84. The van der Waals surface area contributed by atoms with E-state index in [-0.39, 0.29) is 11.9 Å². The summed E-state index contributed by atoms with van der Waals surface area (Å²) in [5.41, 5.74) is 0. The minimum absolute atomic E-state index is 0.359. The zero-order valence-corrected chi connectivity index (χ0v) is 17.0. The Bertz CT molecular complexity index is 353. The molecule has 1 rings (SSSR count). The van der Waals surface area contributed by atoms with Crippen LogP contribution in [-0.4, -0.2) is 25.2 Å². The average Bonchev–Trinajstić information content (AvgIpc) is 2.88. The van der Waals surface area contributed by atoms with E-state index in [1.54, 1.807) is 13.8 Å². The molecule has 0 heterocycles. The van der Waals surface area contributed by atoms with Crippen LogP contribution in [0.15, 0.2) is 25.3 Å². The van der Waals surface area contributed by atoms with Gasteiger partial charge in [-0.15, -0.1) is 0 Å². The van der Waals surface area contributed by atoms with Gasteiger partial charge < -0.3 is 9.47 Å². The van der Waals surface area contributed by atoms with E-state index in [1.807, 2.05) is 0 Å². The molecule has 1 fully saturated rings. The third kappa shape index (κ3) is 11.6. The van der Waals surface area contributed by atoms with Gasteiger partial charge in [0.05, 0.1) is 13.2 Å². The summed E-state index contributed by atoms with van der Waals surface area (Å²) in [5, 5.41) is 0. The van der Waals surface area contributed by atoms with Crippen molar-refractivity contribution < 1.29 is 19.1 Å². The summed E-state index contributed by atoms with van der Waals surface area (Å²) in [4.78, 5) is 20.1. The second-order valence-electron chi connectivity index (χ2n) is 6.25. The zero-order valence-electron chi connectivity index (χ0n) is 17.0. The van der Waals surface area contributed by atoms with Crippen LogP contribution in [0.2, 0.25) is 0 Å². The summed E-state index contributed by atoms with van der Waals surface area (Å²) in [5.74, 6) is 3.30. The third-order valence-electron chi connectivity index (χ3n) is 4.60. The van der Waals surface area contributed by atoms with Crippen molar-refractivity contribution in [3.05, 3.63) is 25.3 Å². The summed E-state index contributed by atoms with van der Waals surface area (Å²) in [7, 11) is 0. The van der Waals surface area contributed by atoms with Crippen molar-refractivity contribution in [3.8, 4) is 0 Å². The van der Waals surface area contributed by atoms with Gasteiger partial charge in [-0.1, -0.05) is 53.7 Å². The molecule has 4 atom stereocenters. The highest BCUT2D eigenvalue weighted by atomic mass is 16.5. The summed E-state index contributed by atoms with van der Waals surface area (Å²) >= 11 is 0. The number of carbonyl (C=O) groups is 2. The van der Waals surface area contributed by atoms with Crippen molar-refractivity contribution in [2.45, 2.75) is 60.8 Å². The topological polar surface area (TPSA) is 52.6 Å². The molecule has 0 aromatic heterocycles. The molecule has 25 heavy (non-hydrogen) atoms. The van der Waals surface area contributed by atoms with Crippen molar-refractivity contribution in [1.29, 1.82) is 0 Å². The lowest BCUT2D eigenvalue weighted by Crippen LogP contribution is -2.13. The molecule has 0 saturated heterocycles. The SMILES string of the molecule is C=CC(=O)OCC.C=CC(=O)OCC.CCC1C(C)CC(C)C1CC. The Balaban J connectivity index is 0.